The number of piperidine rings is 1. The molecule has 156 valence electrons. The molecular formula is C22H27FN2O4. The highest BCUT2D eigenvalue weighted by atomic mass is 19.1. The number of amides is 2. The Kier molecular flexibility index (Phi) is 7.41. The van der Waals surface area contributed by atoms with Gasteiger partial charge in [0.05, 0.1) is 0 Å². The predicted molar refractivity (Wildman–Crippen MR) is 106 cm³/mol. The standard InChI is InChI=1S/C22H27FN2O4/c1-28-15-18-9-10-20(29-18)22(27)25-12-4-5-16(14-25)8-11-21(26)24-13-17-6-2-3-7-19(17)23/h2-3,6-7,9-10,16H,4-5,8,11-15H2,1H3,(H,24,26)/t16-/m1/s1. The smallest absolute Gasteiger partial charge is 0.289 e. The van der Waals surface area contributed by atoms with Crippen LogP contribution < -0.4 is 5.32 Å². The third-order valence-electron chi connectivity index (χ3n) is 5.18. The Hall–Kier alpha value is -2.67. The van der Waals surface area contributed by atoms with Gasteiger partial charge in [0.2, 0.25) is 5.91 Å². The number of ether oxygens (including phenoxy) is 1. The summed E-state index contributed by atoms with van der Waals surface area (Å²) in [4.78, 5) is 26.6. The van der Waals surface area contributed by atoms with Gasteiger partial charge in [-0.05, 0) is 43.4 Å². The molecule has 1 aliphatic rings. The highest BCUT2D eigenvalue weighted by Crippen LogP contribution is 2.23. The van der Waals surface area contributed by atoms with Gasteiger partial charge in [0.15, 0.2) is 5.76 Å². The van der Waals surface area contributed by atoms with Crippen LogP contribution in [0.15, 0.2) is 40.8 Å². The molecule has 1 aromatic heterocycles. The van der Waals surface area contributed by atoms with Gasteiger partial charge in [-0.2, -0.15) is 0 Å². The molecular weight excluding hydrogens is 375 g/mol. The SMILES string of the molecule is COCc1ccc(C(=O)N2CCC[C@H](CCC(=O)NCc3ccccc3F)C2)o1. The maximum absolute atomic E-state index is 13.6. The summed E-state index contributed by atoms with van der Waals surface area (Å²) in [6.45, 7) is 1.82. The van der Waals surface area contributed by atoms with Crippen LogP contribution in [0.4, 0.5) is 4.39 Å². The van der Waals surface area contributed by atoms with Crippen molar-refractivity contribution in [3.8, 4) is 0 Å². The lowest BCUT2D eigenvalue weighted by atomic mass is 9.93. The van der Waals surface area contributed by atoms with Crippen LogP contribution in [0.5, 0.6) is 0 Å². The molecule has 0 unspecified atom stereocenters. The van der Waals surface area contributed by atoms with Gasteiger partial charge in [-0.25, -0.2) is 4.39 Å². The lowest BCUT2D eigenvalue weighted by Crippen LogP contribution is -2.40. The van der Waals surface area contributed by atoms with Crippen molar-refractivity contribution in [2.45, 2.75) is 38.8 Å². The number of hydrogen-bond acceptors (Lipinski definition) is 4. The molecule has 1 aromatic carbocycles. The van der Waals surface area contributed by atoms with Gasteiger partial charge in [0.1, 0.15) is 18.2 Å². The number of furan rings is 1. The molecule has 6 nitrogen and oxygen atoms in total. The number of methoxy groups -OCH3 is 1. The fraction of sp³-hybridized carbons (Fsp3) is 0.455. The lowest BCUT2D eigenvalue weighted by molar-refractivity contribution is -0.121. The Labute approximate surface area is 170 Å². The van der Waals surface area contributed by atoms with Gasteiger partial charge >= 0.3 is 0 Å². The van der Waals surface area contributed by atoms with Crippen LogP contribution in [-0.4, -0.2) is 36.9 Å². The number of rotatable bonds is 8. The van der Waals surface area contributed by atoms with Crippen molar-refractivity contribution in [2.24, 2.45) is 5.92 Å². The number of nitrogens with zero attached hydrogens (tertiary/aromatic N) is 1. The van der Waals surface area contributed by atoms with Crippen molar-refractivity contribution in [3.05, 3.63) is 59.3 Å². The highest BCUT2D eigenvalue weighted by Gasteiger charge is 2.26. The van der Waals surface area contributed by atoms with Crippen LogP contribution in [0.2, 0.25) is 0 Å². The van der Waals surface area contributed by atoms with E-state index >= 15 is 0 Å². The first-order valence-electron chi connectivity index (χ1n) is 9.94. The first-order chi connectivity index (χ1) is 14.1. The summed E-state index contributed by atoms with van der Waals surface area (Å²) in [5.74, 6) is 0.658. The molecule has 2 aromatic rings. The third kappa shape index (κ3) is 5.90. The second kappa shape index (κ2) is 10.2. The van der Waals surface area contributed by atoms with E-state index in [-0.39, 0.29) is 30.1 Å². The van der Waals surface area contributed by atoms with E-state index in [4.69, 9.17) is 9.15 Å². The van der Waals surface area contributed by atoms with E-state index in [2.05, 4.69) is 5.32 Å². The van der Waals surface area contributed by atoms with E-state index in [9.17, 15) is 14.0 Å². The first-order valence-corrected chi connectivity index (χ1v) is 9.94. The highest BCUT2D eigenvalue weighted by molar-refractivity contribution is 5.91. The zero-order valence-corrected chi connectivity index (χ0v) is 16.7. The molecule has 29 heavy (non-hydrogen) atoms. The molecule has 1 saturated heterocycles. The largest absolute Gasteiger partial charge is 0.453 e. The third-order valence-corrected chi connectivity index (χ3v) is 5.18. The normalized spacial score (nSPS) is 16.6. The lowest BCUT2D eigenvalue weighted by Gasteiger charge is -2.32. The van der Waals surface area contributed by atoms with Crippen LogP contribution in [0, 0.1) is 11.7 Å². The summed E-state index contributed by atoms with van der Waals surface area (Å²) < 4.78 is 24.2. The maximum atomic E-state index is 13.6. The van der Waals surface area contributed by atoms with Crippen LogP contribution in [0.25, 0.3) is 0 Å². The van der Waals surface area contributed by atoms with E-state index in [1.165, 1.54) is 6.07 Å². The van der Waals surface area contributed by atoms with Gasteiger partial charge in [0, 0.05) is 38.7 Å². The Morgan fingerprint density at radius 3 is 2.90 bits per heavy atom. The number of benzene rings is 1. The minimum atomic E-state index is -0.319. The molecule has 1 aliphatic heterocycles. The number of likely N-dealkylation sites (tertiary alicyclic amines) is 1. The fourth-order valence-electron chi connectivity index (χ4n) is 3.61. The topological polar surface area (TPSA) is 71.8 Å². The monoisotopic (exact) mass is 402 g/mol. The van der Waals surface area contributed by atoms with Crippen molar-refractivity contribution < 1.29 is 23.1 Å². The van der Waals surface area contributed by atoms with E-state index in [0.29, 0.717) is 49.6 Å². The molecule has 2 heterocycles. The van der Waals surface area contributed by atoms with Crippen LogP contribution >= 0.6 is 0 Å². The van der Waals surface area contributed by atoms with Crippen LogP contribution in [0.1, 0.15) is 47.6 Å². The van der Waals surface area contributed by atoms with Gasteiger partial charge in [-0.15, -0.1) is 0 Å². The molecule has 0 bridgehead atoms. The number of nitrogens with one attached hydrogen (secondary N) is 1. The van der Waals surface area contributed by atoms with Gasteiger partial charge in [-0.3, -0.25) is 9.59 Å². The van der Waals surface area contributed by atoms with E-state index in [1.807, 2.05) is 0 Å². The number of carbonyl (C=O) groups is 2. The zero-order chi connectivity index (χ0) is 20.6. The minimum absolute atomic E-state index is 0.105. The number of hydrogen-bond donors (Lipinski definition) is 1. The number of carbonyl (C=O) groups excluding carboxylic acids is 2. The van der Waals surface area contributed by atoms with Crippen LogP contribution in [0.3, 0.4) is 0 Å². The minimum Gasteiger partial charge on any atom is -0.453 e. The van der Waals surface area contributed by atoms with Crippen molar-refractivity contribution in [2.75, 3.05) is 20.2 Å². The molecule has 3 rings (SSSR count). The summed E-state index contributed by atoms with van der Waals surface area (Å²) >= 11 is 0. The second-order valence-electron chi connectivity index (χ2n) is 7.37. The van der Waals surface area contributed by atoms with Crippen LogP contribution in [-0.2, 0) is 22.7 Å². The molecule has 1 fully saturated rings. The zero-order valence-electron chi connectivity index (χ0n) is 16.7. The molecule has 0 aliphatic carbocycles. The average Bonchev–Trinajstić information content (AvgIpc) is 3.20. The Balaban J connectivity index is 1.44. The molecule has 1 N–H and O–H groups in total. The predicted octanol–water partition coefficient (Wildman–Crippen LogP) is 3.51. The Bertz CT molecular complexity index is 836. The summed E-state index contributed by atoms with van der Waals surface area (Å²) in [6, 6.07) is 9.83. The average molecular weight is 402 g/mol. The van der Waals surface area contributed by atoms with Crippen molar-refractivity contribution in [1.29, 1.82) is 0 Å². The summed E-state index contributed by atoms with van der Waals surface area (Å²) in [6.07, 6.45) is 2.94. The maximum Gasteiger partial charge on any atom is 0.289 e. The Morgan fingerprint density at radius 2 is 2.10 bits per heavy atom. The number of halogens is 1. The van der Waals surface area contributed by atoms with Gasteiger partial charge in [0.25, 0.3) is 5.91 Å². The summed E-state index contributed by atoms with van der Waals surface area (Å²) in [7, 11) is 1.58. The quantitative estimate of drug-likeness (QED) is 0.733. The van der Waals surface area contributed by atoms with Gasteiger partial charge < -0.3 is 19.4 Å². The van der Waals surface area contributed by atoms with Gasteiger partial charge in [-0.1, -0.05) is 18.2 Å². The first kappa shape index (κ1) is 21.0. The molecule has 0 radical (unpaired) electrons. The fourth-order valence-corrected chi connectivity index (χ4v) is 3.61. The van der Waals surface area contributed by atoms with Crippen molar-refractivity contribution >= 4 is 11.8 Å². The molecule has 0 saturated carbocycles. The van der Waals surface area contributed by atoms with E-state index < -0.39 is 0 Å². The Morgan fingerprint density at radius 1 is 1.28 bits per heavy atom. The van der Waals surface area contributed by atoms with E-state index in [0.717, 1.165) is 12.8 Å². The summed E-state index contributed by atoms with van der Waals surface area (Å²) in [5, 5.41) is 2.77. The van der Waals surface area contributed by atoms with Crippen molar-refractivity contribution in [3.63, 3.8) is 0 Å². The van der Waals surface area contributed by atoms with Crippen molar-refractivity contribution in [1.82, 2.24) is 10.2 Å². The second-order valence-corrected chi connectivity index (χ2v) is 7.37. The summed E-state index contributed by atoms with van der Waals surface area (Å²) in [5.41, 5.74) is 0.474. The molecule has 1 atom stereocenters. The van der Waals surface area contributed by atoms with E-state index in [1.54, 1.807) is 42.3 Å². The molecule has 7 heteroatoms. The molecule has 2 amide bonds. The molecule has 0 spiro atoms.